The van der Waals surface area contributed by atoms with Gasteiger partial charge in [-0.15, -0.1) is 0 Å². The summed E-state index contributed by atoms with van der Waals surface area (Å²) in [4.78, 5) is 24.8. The van der Waals surface area contributed by atoms with Gasteiger partial charge in [-0.1, -0.05) is 13.3 Å². The highest BCUT2D eigenvalue weighted by Gasteiger charge is 2.18. The van der Waals surface area contributed by atoms with E-state index in [1.54, 1.807) is 18.2 Å². The fraction of sp³-hybridized carbons (Fsp3) is 0.375. The first-order valence-electron chi connectivity index (χ1n) is 10.3. The third-order valence-electron chi connectivity index (χ3n) is 5.19. The monoisotopic (exact) mass is 422 g/mol. The number of carbonyl (C=O) groups excluding carboxylic acids is 2. The fourth-order valence-electron chi connectivity index (χ4n) is 3.44. The summed E-state index contributed by atoms with van der Waals surface area (Å²) in [7, 11) is 0. The second-order valence-electron chi connectivity index (χ2n) is 7.36. The Bertz CT molecular complexity index is 1060. The maximum absolute atomic E-state index is 12.4. The van der Waals surface area contributed by atoms with Crippen LogP contribution in [-0.4, -0.2) is 36.1 Å². The lowest BCUT2D eigenvalue weighted by Crippen LogP contribution is -2.17. The summed E-state index contributed by atoms with van der Waals surface area (Å²) < 4.78 is 18.2. The standard InChI is InChI=1S/C24H26N2O5/c1-4-5-8-26-16(2)11-19(17(26)3)12-20(14-25)24(28)31-15-21(27)18-6-7-22-23(13-18)30-10-9-29-22/h6-7,11-13H,4-5,8-10,15H2,1-3H3/b20-12+. The van der Waals surface area contributed by atoms with Gasteiger partial charge < -0.3 is 18.8 Å². The molecule has 3 rings (SSSR count). The number of ketones is 1. The van der Waals surface area contributed by atoms with Gasteiger partial charge in [-0.05, 0) is 56.2 Å². The summed E-state index contributed by atoms with van der Waals surface area (Å²) in [5, 5.41) is 9.44. The number of nitriles is 1. The van der Waals surface area contributed by atoms with Crippen molar-refractivity contribution >= 4 is 17.8 Å². The van der Waals surface area contributed by atoms with Crippen molar-refractivity contribution in [1.29, 1.82) is 5.26 Å². The average Bonchev–Trinajstić information content (AvgIpc) is 3.05. The number of nitrogens with zero attached hydrogens (tertiary/aromatic N) is 2. The van der Waals surface area contributed by atoms with E-state index in [2.05, 4.69) is 11.5 Å². The number of fused-ring (bicyclic) bond motifs is 1. The second kappa shape index (κ2) is 9.98. The number of carbonyl (C=O) groups is 2. The molecule has 1 aliphatic rings. The highest BCUT2D eigenvalue weighted by atomic mass is 16.6. The Morgan fingerprint density at radius 2 is 1.94 bits per heavy atom. The number of Topliss-reactive ketones (excluding diaryl/α,β-unsaturated/α-hetero) is 1. The molecule has 0 saturated carbocycles. The Morgan fingerprint density at radius 1 is 1.19 bits per heavy atom. The van der Waals surface area contributed by atoms with Gasteiger partial charge in [-0.2, -0.15) is 5.26 Å². The number of aryl methyl sites for hydroxylation is 1. The van der Waals surface area contributed by atoms with Gasteiger partial charge in [-0.3, -0.25) is 4.79 Å². The number of unbranched alkanes of at least 4 members (excludes halogenated alkanes) is 1. The molecule has 162 valence electrons. The van der Waals surface area contributed by atoms with Crippen molar-refractivity contribution in [3.63, 3.8) is 0 Å². The molecule has 0 unspecified atom stereocenters. The third-order valence-corrected chi connectivity index (χ3v) is 5.19. The van der Waals surface area contributed by atoms with E-state index in [-0.39, 0.29) is 11.4 Å². The Labute approximate surface area is 181 Å². The number of rotatable bonds is 8. The molecule has 2 heterocycles. The summed E-state index contributed by atoms with van der Waals surface area (Å²) in [6.45, 7) is 7.38. The number of ether oxygens (including phenoxy) is 3. The average molecular weight is 422 g/mol. The molecule has 1 aromatic heterocycles. The van der Waals surface area contributed by atoms with E-state index >= 15 is 0 Å². The molecule has 0 aliphatic carbocycles. The molecule has 0 amide bonds. The van der Waals surface area contributed by atoms with Crippen LogP contribution in [0.1, 0.15) is 47.1 Å². The van der Waals surface area contributed by atoms with Crippen LogP contribution >= 0.6 is 0 Å². The van der Waals surface area contributed by atoms with Crippen LogP contribution in [0.4, 0.5) is 0 Å². The van der Waals surface area contributed by atoms with Crippen molar-refractivity contribution in [2.24, 2.45) is 0 Å². The molecule has 0 saturated heterocycles. The fourth-order valence-corrected chi connectivity index (χ4v) is 3.44. The lowest BCUT2D eigenvalue weighted by atomic mass is 10.1. The van der Waals surface area contributed by atoms with Crippen molar-refractivity contribution in [1.82, 2.24) is 4.57 Å². The quantitative estimate of drug-likeness (QED) is 0.276. The maximum Gasteiger partial charge on any atom is 0.349 e. The first kappa shape index (κ1) is 22.2. The van der Waals surface area contributed by atoms with Crippen LogP contribution in [0.3, 0.4) is 0 Å². The van der Waals surface area contributed by atoms with Gasteiger partial charge >= 0.3 is 5.97 Å². The number of aromatic nitrogens is 1. The third kappa shape index (κ3) is 5.15. The molecule has 0 fully saturated rings. The molecular weight excluding hydrogens is 396 g/mol. The van der Waals surface area contributed by atoms with Gasteiger partial charge in [0.05, 0.1) is 0 Å². The SMILES string of the molecule is CCCCn1c(C)cc(/C=C(\C#N)C(=O)OCC(=O)c2ccc3c(c2)OCCO3)c1C. The molecule has 0 atom stereocenters. The highest BCUT2D eigenvalue weighted by molar-refractivity contribution is 6.02. The number of esters is 1. The van der Waals surface area contributed by atoms with Gasteiger partial charge in [0.1, 0.15) is 24.9 Å². The van der Waals surface area contributed by atoms with Crippen LogP contribution in [0.25, 0.3) is 6.08 Å². The zero-order chi connectivity index (χ0) is 22.4. The lowest BCUT2D eigenvalue weighted by Gasteiger charge is -2.18. The van der Waals surface area contributed by atoms with Gasteiger partial charge in [0, 0.05) is 23.5 Å². The maximum atomic E-state index is 12.4. The Morgan fingerprint density at radius 3 is 2.65 bits per heavy atom. The van der Waals surface area contributed by atoms with E-state index in [1.807, 2.05) is 26.0 Å². The summed E-state index contributed by atoms with van der Waals surface area (Å²) in [6, 6.07) is 8.63. The summed E-state index contributed by atoms with van der Waals surface area (Å²) in [5.41, 5.74) is 3.04. The minimum absolute atomic E-state index is 0.147. The van der Waals surface area contributed by atoms with E-state index in [1.165, 1.54) is 6.08 Å². The molecule has 0 bridgehead atoms. The minimum Gasteiger partial charge on any atom is -0.486 e. The van der Waals surface area contributed by atoms with E-state index in [0.717, 1.165) is 36.3 Å². The summed E-state index contributed by atoms with van der Waals surface area (Å²) in [6.07, 6.45) is 3.64. The first-order chi connectivity index (χ1) is 14.9. The van der Waals surface area contributed by atoms with E-state index in [0.29, 0.717) is 30.3 Å². The Balaban J connectivity index is 1.68. The Kier molecular flexibility index (Phi) is 7.14. The van der Waals surface area contributed by atoms with E-state index in [9.17, 15) is 14.9 Å². The zero-order valence-electron chi connectivity index (χ0n) is 18.1. The highest BCUT2D eigenvalue weighted by Crippen LogP contribution is 2.30. The van der Waals surface area contributed by atoms with Gasteiger partial charge in [0.2, 0.25) is 0 Å². The molecule has 31 heavy (non-hydrogen) atoms. The molecule has 0 spiro atoms. The summed E-state index contributed by atoms with van der Waals surface area (Å²) >= 11 is 0. The van der Waals surface area contributed by atoms with Crippen LogP contribution in [0.15, 0.2) is 29.8 Å². The van der Waals surface area contributed by atoms with Gasteiger partial charge in [0.25, 0.3) is 0 Å². The van der Waals surface area contributed by atoms with Crippen molar-refractivity contribution in [2.75, 3.05) is 19.8 Å². The Hall–Kier alpha value is -3.53. The second-order valence-corrected chi connectivity index (χ2v) is 7.36. The van der Waals surface area contributed by atoms with E-state index in [4.69, 9.17) is 14.2 Å². The number of benzene rings is 1. The van der Waals surface area contributed by atoms with Gasteiger partial charge in [0.15, 0.2) is 23.9 Å². The largest absolute Gasteiger partial charge is 0.486 e. The normalized spacial score (nSPS) is 12.9. The molecule has 2 aromatic rings. The smallest absolute Gasteiger partial charge is 0.349 e. The van der Waals surface area contributed by atoms with Crippen LogP contribution in [0, 0.1) is 25.2 Å². The molecule has 7 nitrogen and oxygen atoms in total. The van der Waals surface area contributed by atoms with Crippen molar-refractivity contribution in [2.45, 2.75) is 40.2 Å². The number of hydrogen-bond donors (Lipinski definition) is 0. The number of hydrogen-bond acceptors (Lipinski definition) is 6. The molecule has 1 aliphatic heterocycles. The van der Waals surface area contributed by atoms with Crippen molar-refractivity contribution < 1.29 is 23.8 Å². The summed E-state index contributed by atoms with van der Waals surface area (Å²) in [5.74, 6) is -0.155. The minimum atomic E-state index is -0.827. The molecule has 0 N–H and O–H groups in total. The van der Waals surface area contributed by atoms with Crippen LogP contribution in [0.2, 0.25) is 0 Å². The van der Waals surface area contributed by atoms with Crippen molar-refractivity contribution in [3.8, 4) is 17.6 Å². The van der Waals surface area contributed by atoms with Crippen molar-refractivity contribution in [3.05, 3.63) is 52.4 Å². The molecule has 0 radical (unpaired) electrons. The molecule has 7 heteroatoms. The van der Waals surface area contributed by atoms with E-state index < -0.39 is 12.6 Å². The van der Waals surface area contributed by atoms with Crippen LogP contribution in [-0.2, 0) is 16.1 Å². The molecular formula is C24H26N2O5. The topological polar surface area (TPSA) is 90.6 Å². The molecule has 1 aromatic carbocycles. The predicted octanol–water partition coefficient (Wildman–Crippen LogP) is 4.01. The lowest BCUT2D eigenvalue weighted by molar-refractivity contribution is -0.137. The van der Waals surface area contributed by atoms with Gasteiger partial charge in [-0.25, -0.2) is 4.79 Å². The first-order valence-corrected chi connectivity index (χ1v) is 10.3. The predicted molar refractivity (Wildman–Crippen MR) is 115 cm³/mol. The van der Waals surface area contributed by atoms with Crippen LogP contribution < -0.4 is 9.47 Å². The van der Waals surface area contributed by atoms with Crippen LogP contribution in [0.5, 0.6) is 11.5 Å². The zero-order valence-corrected chi connectivity index (χ0v) is 18.1.